The molecule has 0 aromatic carbocycles. The first-order valence-electron chi connectivity index (χ1n) is 7.05. The van der Waals surface area contributed by atoms with Crippen molar-refractivity contribution in [1.29, 1.82) is 0 Å². The Hall–Kier alpha value is -0.890. The van der Waals surface area contributed by atoms with Crippen molar-refractivity contribution in [2.75, 3.05) is 25.4 Å². The minimum atomic E-state index is -3.61. The van der Waals surface area contributed by atoms with Crippen molar-refractivity contribution in [2.24, 2.45) is 0 Å². The van der Waals surface area contributed by atoms with E-state index in [9.17, 15) is 8.42 Å². The van der Waals surface area contributed by atoms with Crippen molar-refractivity contribution in [1.82, 2.24) is 14.6 Å². The molecule has 0 bridgehead atoms. The van der Waals surface area contributed by atoms with Crippen molar-refractivity contribution in [3.05, 3.63) is 17.3 Å². The number of piperidine rings is 1. The van der Waals surface area contributed by atoms with Gasteiger partial charge in [0.25, 0.3) is 0 Å². The molecular weight excluding hydrogens is 312 g/mol. The van der Waals surface area contributed by atoms with E-state index in [0.29, 0.717) is 6.54 Å². The second-order valence-electron chi connectivity index (χ2n) is 5.34. The molecule has 6 nitrogen and oxygen atoms in total. The predicted octanol–water partition coefficient (Wildman–Crippen LogP) is 1.47. The summed E-state index contributed by atoms with van der Waals surface area (Å²) in [5.74, 6) is 0.123. The number of hydrogen-bond donors (Lipinski definition) is 2. The van der Waals surface area contributed by atoms with E-state index in [1.165, 1.54) is 31.5 Å². The van der Waals surface area contributed by atoms with Crippen LogP contribution in [0.4, 0.5) is 5.82 Å². The Morgan fingerprint density at radius 2 is 2.10 bits per heavy atom. The lowest BCUT2D eigenvalue weighted by molar-refractivity contribution is 0.175. The number of halogens is 1. The summed E-state index contributed by atoms with van der Waals surface area (Å²) >= 11 is 5.82. The van der Waals surface area contributed by atoms with Crippen LogP contribution in [0.15, 0.2) is 17.2 Å². The summed E-state index contributed by atoms with van der Waals surface area (Å²) in [7, 11) is -3.61. The lowest BCUT2D eigenvalue weighted by Gasteiger charge is -2.32. The maximum atomic E-state index is 12.2. The van der Waals surface area contributed by atoms with E-state index < -0.39 is 10.0 Å². The van der Waals surface area contributed by atoms with Crippen LogP contribution in [0, 0.1) is 0 Å². The van der Waals surface area contributed by atoms with Crippen LogP contribution in [0.5, 0.6) is 0 Å². The van der Waals surface area contributed by atoms with Gasteiger partial charge in [0.05, 0.1) is 5.02 Å². The van der Waals surface area contributed by atoms with E-state index in [1.807, 2.05) is 6.92 Å². The monoisotopic (exact) mass is 332 g/mol. The van der Waals surface area contributed by atoms with Crippen molar-refractivity contribution < 1.29 is 8.42 Å². The molecule has 1 atom stereocenters. The standard InChI is InChI=1S/C13H21ClN4O2S/c1-10(18-5-3-2-4-6-18)8-17-21(19,20)11-7-12(14)13(15)16-9-11/h7,9-10,17H,2-6,8H2,1H3,(H2,15,16). The predicted molar refractivity (Wildman–Crippen MR) is 83.7 cm³/mol. The van der Waals surface area contributed by atoms with Crippen LogP contribution in [-0.2, 0) is 10.0 Å². The second kappa shape index (κ2) is 6.91. The normalized spacial score (nSPS) is 18.6. The van der Waals surface area contributed by atoms with E-state index in [4.69, 9.17) is 17.3 Å². The topological polar surface area (TPSA) is 88.3 Å². The maximum absolute atomic E-state index is 12.2. The van der Waals surface area contributed by atoms with Crippen molar-refractivity contribution in [3.8, 4) is 0 Å². The Bertz CT molecular complexity index is 588. The summed E-state index contributed by atoms with van der Waals surface area (Å²) in [6.07, 6.45) is 4.82. The fourth-order valence-corrected chi connectivity index (χ4v) is 3.70. The Labute approximate surface area is 130 Å². The summed E-state index contributed by atoms with van der Waals surface area (Å²) in [4.78, 5) is 6.12. The first kappa shape index (κ1) is 16.5. The number of nitrogens with zero attached hydrogens (tertiary/aromatic N) is 2. The Morgan fingerprint density at radius 1 is 1.43 bits per heavy atom. The smallest absolute Gasteiger partial charge is 0.242 e. The van der Waals surface area contributed by atoms with Crippen LogP contribution in [0.1, 0.15) is 26.2 Å². The van der Waals surface area contributed by atoms with E-state index in [-0.39, 0.29) is 21.8 Å². The highest BCUT2D eigenvalue weighted by Crippen LogP contribution is 2.20. The third-order valence-electron chi connectivity index (χ3n) is 3.74. The fraction of sp³-hybridized carbons (Fsp3) is 0.615. The van der Waals surface area contributed by atoms with E-state index in [0.717, 1.165) is 13.1 Å². The summed E-state index contributed by atoms with van der Waals surface area (Å²) in [6, 6.07) is 1.48. The zero-order valence-corrected chi connectivity index (χ0v) is 13.6. The van der Waals surface area contributed by atoms with Gasteiger partial charge in [-0.1, -0.05) is 18.0 Å². The molecule has 2 heterocycles. The van der Waals surface area contributed by atoms with Gasteiger partial charge < -0.3 is 5.73 Å². The number of nitrogens with two attached hydrogens (primary N) is 1. The van der Waals surface area contributed by atoms with Crippen LogP contribution in [-0.4, -0.2) is 44.0 Å². The molecule has 0 spiro atoms. The lowest BCUT2D eigenvalue weighted by atomic mass is 10.1. The molecule has 1 aromatic rings. The van der Waals surface area contributed by atoms with Crippen LogP contribution in [0.25, 0.3) is 0 Å². The Kier molecular flexibility index (Phi) is 5.43. The second-order valence-corrected chi connectivity index (χ2v) is 7.51. The van der Waals surface area contributed by atoms with E-state index in [2.05, 4.69) is 14.6 Å². The molecule has 1 aromatic heterocycles. The highest BCUT2D eigenvalue weighted by atomic mass is 35.5. The van der Waals surface area contributed by atoms with Crippen LogP contribution >= 0.6 is 11.6 Å². The number of likely N-dealkylation sites (tertiary alicyclic amines) is 1. The third kappa shape index (κ3) is 4.29. The number of nitrogen functional groups attached to an aromatic ring is 1. The molecule has 8 heteroatoms. The number of hydrogen-bond acceptors (Lipinski definition) is 5. The molecule has 1 saturated heterocycles. The number of anilines is 1. The van der Waals surface area contributed by atoms with Crippen LogP contribution in [0.3, 0.4) is 0 Å². The van der Waals surface area contributed by atoms with Crippen molar-refractivity contribution in [2.45, 2.75) is 37.1 Å². The van der Waals surface area contributed by atoms with Gasteiger partial charge in [0.1, 0.15) is 10.7 Å². The van der Waals surface area contributed by atoms with Gasteiger partial charge in [0.15, 0.2) is 0 Å². The summed E-state index contributed by atoms with van der Waals surface area (Å²) < 4.78 is 27.0. The molecule has 1 aliphatic rings. The SMILES string of the molecule is CC(CNS(=O)(=O)c1cnc(N)c(Cl)c1)N1CCCCC1. The highest BCUT2D eigenvalue weighted by Gasteiger charge is 2.21. The minimum absolute atomic E-state index is 0.0348. The molecule has 0 aliphatic carbocycles. The van der Waals surface area contributed by atoms with Crippen molar-refractivity contribution >= 4 is 27.4 Å². The van der Waals surface area contributed by atoms with Gasteiger partial charge in [-0.3, -0.25) is 4.90 Å². The number of nitrogens with one attached hydrogen (secondary N) is 1. The number of sulfonamides is 1. The van der Waals surface area contributed by atoms with E-state index in [1.54, 1.807) is 0 Å². The molecule has 1 fully saturated rings. The summed E-state index contributed by atoms with van der Waals surface area (Å²) in [5, 5.41) is 0.141. The lowest BCUT2D eigenvalue weighted by Crippen LogP contribution is -2.44. The van der Waals surface area contributed by atoms with Gasteiger partial charge in [-0.05, 0) is 38.9 Å². The molecule has 3 N–H and O–H groups in total. The average Bonchev–Trinajstić information content (AvgIpc) is 2.48. The van der Waals surface area contributed by atoms with Gasteiger partial charge in [0, 0.05) is 18.8 Å². The Balaban J connectivity index is 1.98. The fourth-order valence-electron chi connectivity index (χ4n) is 2.38. The average molecular weight is 333 g/mol. The molecule has 21 heavy (non-hydrogen) atoms. The molecule has 1 aliphatic heterocycles. The van der Waals surface area contributed by atoms with Gasteiger partial charge in [-0.2, -0.15) is 0 Å². The van der Waals surface area contributed by atoms with Gasteiger partial charge in [-0.15, -0.1) is 0 Å². The first-order chi connectivity index (χ1) is 9.90. The number of rotatable bonds is 5. The van der Waals surface area contributed by atoms with Crippen molar-refractivity contribution in [3.63, 3.8) is 0 Å². The molecule has 0 saturated carbocycles. The number of aromatic nitrogens is 1. The summed E-state index contributed by atoms with van der Waals surface area (Å²) in [5.41, 5.74) is 5.49. The zero-order valence-electron chi connectivity index (χ0n) is 12.0. The molecule has 2 rings (SSSR count). The third-order valence-corrected chi connectivity index (χ3v) is 5.43. The molecule has 0 amide bonds. The number of pyridine rings is 1. The molecular formula is C13H21ClN4O2S. The Morgan fingerprint density at radius 3 is 2.71 bits per heavy atom. The van der Waals surface area contributed by atoms with Crippen LogP contribution in [0.2, 0.25) is 5.02 Å². The quantitative estimate of drug-likeness (QED) is 0.852. The zero-order chi connectivity index (χ0) is 15.5. The molecule has 0 radical (unpaired) electrons. The minimum Gasteiger partial charge on any atom is -0.382 e. The largest absolute Gasteiger partial charge is 0.382 e. The maximum Gasteiger partial charge on any atom is 0.242 e. The van der Waals surface area contributed by atoms with E-state index >= 15 is 0 Å². The molecule has 1 unspecified atom stereocenters. The van der Waals surface area contributed by atoms with Gasteiger partial charge in [0.2, 0.25) is 10.0 Å². The van der Waals surface area contributed by atoms with Gasteiger partial charge in [-0.25, -0.2) is 18.1 Å². The highest BCUT2D eigenvalue weighted by molar-refractivity contribution is 7.89. The van der Waals surface area contributed by atoms with Crippen LogP contribution < -0.4 is 10.5 Å². The first-order valence-corrected chi connectivity index (χ1v) is 8.91. The van der Waals surface area contributed by atoms with Gasteiger partial charge >= 0.3 is 0 Å². The summed E-state index contributed by atoms with van der Waals surface area (Å²) in [6.45, 7) is 4.45. The molecule has 118 valence electrons.